The van der Waals surface area contributed by atoms with Gasteiger partial charge in [-0.15, -0.1) is 0 Å². The van der Waals surface area contributed by atoms with Crippen molar-refractivity contribution in [1.82, 2.24) is 0 Å². The fourth-order valence-electron chi connectivity index (χ4n) is 2.12. The van der Waals surface area contributed by atoms with Crippen molar-refractivity contribution in [3.8, 4) is 11.8 Å². The van der Waals surface area contributed by atoms with Crippen LogP contribution in [0.25, 0.3) is 0 Å². The first-order valence-electron chi connectivity index (χ1n) is 4.89. The van der Waals surface area contributed by atoms with Crippen LogP contribution in [0.1, 0.15) is 29.9 Å². The van der Waals surface area contributed by atoms with E-state index in [1.165, 1.54) is 11.1 Å². The van der Waals surface area contributed by atoms with E-state index in [9.17, 15) is 0 Å². The molecule has 2 heteroatoms. The average molecular weight is 187 g/mol. The molecule has 0 spiro atoms. The molecule has 1 aromatic rings. The second-order valence-electron chi connectivity index (χ2n) is 3.66. The van der Waals surface area contributed by atoms with E-state index in [1.807, 2.05) is 6.07 Å². The van der Waals surface area contributed by atoms with Crippen LogP contribution in [0.5, 0.6) is 5.75 Å². The zero-order valence-electron chi connectivity index (χ0n) is 8.29. The Balaban J connectivity index is 2.33. The van der Waals surface area contributed by atoms with Gasteiger partial charge in [-0.25, -0.2) is 0 Å². The van der Waals surface area contributed by atoms with Gasteiger partial charge in [0.15, 0.2) is 0 Å². The highest BCUT2D eigenvalue weighted by molar-refractivity contribution is 5.41. The van der Waals surface area contributed by atoms with Crippen molar-refractivity contribution in [3.63, 3.8) is 0 Å². The van der Waals surface area contributed by atoms with E-state index in [0.717, 1.165) is 18.6 Å². The van der Waals surface area contributed by atoms with Crippen molar-refractivity contribution in [3.05, 3.63) is 29.3 Å². The van der Waals surface area contributed by atoms with E-state index < -0.39 is 0 Å². The molecule has 0 radical (unpaired) electrons. The first-order valence-corrected chi connectivity index (χ1v) is 4.89. The molecule has 1 aliphatic rings. The predicted octanol–water partition coefficient (Wildman–Crippen LogP) is 2.64. The first kappa shape index (κ1) is 9.08. The van der Waals surface area contributed by atoms with E-state index in [4.69, 9.17) is 10.00 Å². The van der Waals surface area contributed by atoms with Crippen molar-refractivity contribution in [2.24, 2.45) is 0 Å². The van der Waals surface area contributed by atoms with Gasteiger partial charge in [0.25, 0.3) is 0 Å². The van der Waals surface area contributed by atoms with Crippen LogP contribution in [0.15, 0.2) is 18.2 Å². The molecule has 0 bridgehead atoms. The Bertz CT molecular complexity index is 378. The van der Waals surface area contributed by atoms with Gasteiger partial charge in [-0.3, -0.25) is 0 Å². The van der Waals surface area contributed by atoms with Gasteiger partial charge < -0.3 is 4.74 Å². The molecular weight excluding hydrogens is 174 g/mol. The molecule has 0 aromatic heterocycles. The Hall–Kier alpha value is -1.49. The Kier molecular flexibility index (Phi) is 2.41. The Morgan fingerprint density at radius 2 is 2.43 bits per heavy atom. The highest BCUT2D eigenvalue weighted by atomic mass is 16.5. The summed E-state index contributed by atoms with van der Waals surface area (Å²) in [4.78, 5) is 0. The lowest BCUT2D eigenvalue weighted by Gasteiger charge is -2.08. The van der Waals surface area contributed by atoms with Gasteiger partial charge in [0, 0.05) is 6.42 Å². The zero-order chi connectivity index (χ0) is 9.97. The van der Waals surface area contributed by atoms with Gasteiger partial charge >= 0.3 is 0 Å². The second-order valence-corrected chi connectivity index (χ2v) is 3.66. The van der Waals surface area contributed by atoms with Crippen molar-refractivity contribution < 1.29 is 4.74 Å². The molecule has 1 aromatic carbocycles. The van der Waals surface area contributed by atoms with Crippen LogP contribution in [-0.2, 0) is 6.42 Å². The Labute approximate surface area is 84.1 Å². The highest BCUT2D eigenvalue weighted by Gasteiger charge is 2.22. The summed E-state index contributed by atoms with van der Waals surface area (Å²) in [5, 5.41) is 8.70. The minimum Gasteiger partial charge on any atom is -0.497 e. The molecule has 14 heavy (non-hydrogen) atoms. The number of nitriles is 1. The molecule has 0 amide bonds. The SMILES string of the molecule is COc1ccc2c(c1)C(CC#N)CC2. The molecule has 1 aliphatic carbocycles. The predicted molar refractivity (Wildman–Crippen MR) is 54.3 cm³/mol. The Morgan fingerprint density at radius 1 is 1.57 bits per heavy atom. The van der Waals surface area contributed by atoms with Gasteiger partial charge in [-0.05, 0) is 42.0 Å². The number of methoxy groups -OCH3 is 1. The monoisotopic (exact) mass is 187 g/mol. The van der Waals surface area contributed by atoms with E-state index in [0.29, 0.717) is 12.3 Å². The molecule has 2 rings (SSSR count). The van der Waals surface area contributed by atoms with Crippen LogP contribution in [0.4, 0.5) is 0 Å². The van der Waals surface area contributed by atoms with Crippen molar-refractivity contribution in [2.45, 2.75) is 25.2 Å². The third kappa shape index (κ3) is 1.46. The first-order chi connectivity index (χ1) is 6.85. The normalized spacial score (nSPS) is 18.7. The van der Waals surface area contributed by atoms with Gasteiger partial charge in [0.05, 0.1) is 13.2 Å². The molecule has 0 aliphatic heterocycles. The summed E-state index contributed by atoms with van der Waals surface area (Å²) in [6.45, 7) is 0. The number of nitrogens with zero attached hydrogens (tertiary/aromatic N) is 1. The molecule has 0 heterocycles. The molecular formula is C12H13NO. The van der Waals surface area contributed by atoms with Crippen molar-refractivity contribution >= 4 is 0 Å². The minimum atomic E-state index is 0.421. The van der Waals surface area contributed by atoms with Crippen molar-refractivity contribution in [2.75, 3.05) is 7.11 Å². The molecule has 0 saturated heterocycles. The third-order valence-corrected chi connectivity index (χ3v) is 2.89. The number of aryl methyl sites for hydroxylation is 1. The lowest BCUT2D eigenvalue weighted by atomic mass is 9.98. The Morgan fingerprint density at radius 3 is 3.14 bits per heavy atom. The van der Waals surface area contributed by atoms with Gasteiger partial charge in [-0.2, -0.15) is 5.26 Å². The van der Waals surface area contributed by atoms with E-state index in [2.05, 4.69) is 18.2 Å². The summed E-state index contributed by atoms with van der Waals surface area (Å²) < 4.78 is 5.18. The van der Waals surface area contributed by atoms with Crippen LogP contribution >= 0.6 is 0 Å². The van der Waals surface area contributed by atoms with Crippen LogP contribution in [0, 0.1) is 11.3 Å². The summed E-state index contributed by atoms with van der Waals surface area (Å²) in [5.41, 5.74) is 2.69. The molecule has 1 unspecified atom stereocenters. The fourth-order valence-corrected chi connectivity index (χ4v) is 2.12. The maximum atomic E-state index is 8.70. The van der Waals surface area contributed by atoms with E-state index in [1.54, 1.807) is 7.11 Å². The van der Waals surface area contributed by atoms with Crippen molar-refractivity contribution in [1.29, 1.82) is 5.26 Å². The van der Waals surface area contributed by atoms with Gasteiger partial charge in [0.2, 0.25) is 0 Å². The summed E-state index contributed by atoms with van der Waals surface area (Å²) in [6, 6.07) is 8.43. The highest BCUT2D eigenvalue weighted by Crippen LogP contribution is 2.37. The second kappa shape index (κ2) is 3.71. The number of benzene rings is 1. The number of hydrogen-bond donors (Lipinski definition) is 0. The lowest BCUT2D eigenvalue weighted by molar-refractivity contribution is 0.414. The average Bonchev–Trinajstić information content (AvgIpc) is 2.61. The topological polar surface area (TPSA) is 33.0 Å². The summed E-state index contributed by atoms with van der Waals surface area (Å²) in [7, 11) is 1.68. The van der Waals surface area contributed by atoms with Gasteiger partial charge in [0.1, 0.15) is 5.75 Å². The van der Waals surface area contributed by atoms with Crippen LogP contribution < -0.4 is 4.74 Å². The maximum absolute atomic E-state index is 8.70. The summed E-state index contributed by atoms with van der Waals surface area (Å²) in [6.07, 6.45) is 2.84. The van der Waals surface area contributed by atoms with Gasteiger partial charge in [-0.1, -0.05) is 6.07 Å². The third-order valence-electron chi connectivity index (χ3n) is 2.89. The van der Waals surface area contributed by atoms with Crippen LogP contribution in [0.2, 0.25) is 0 Å². The summed E-state index contributed by atoms with van der Waals surface area (Å²) >= 11 is 0. The molecule has 72 valence electrons. The lowest BCUT2D eigenvalue weighted by Crippen LogP contribution is -1.92. The quantitative estimate of drug-likeness (QED) is 0.713. The number of rotatable bonds is 2. The molecule has 0 fully saturated rings. The fraction of sp³-hybridized carbons (Fsp3) is 0.417. The molecule has 0 saturated carbocycles. The molecule has 2 nitrogen and oxygen atoms in total. The number of ether oxygens (including phenoxy) is 1. The van der Waals surface area contributed by atoms with Crippen LogP contribution in [0.3, 0.4) is 0 Å². The molecule has 1 atom stereocenters. The van der Waals surface area contributed by atoms with Crippen LogP contribution in [-0.4, -0.2) is 7.11 Å². The minimum absolute atomic E-state index is 0.421. The summed E-state index contributed by atoms with van der Waals surface area (Å²) in [5.74, 6) is 1.32. The molecule has 0 N–H and O–H groups in total. The zero-order valence-corrected chi connectivity index (χ0v) is 8.29. The smallest absolute Gasteiger partial charge is 0.119 e. The van der Waals surface area contributed by atoms with E-state index in [-0.39, 0.29) is 0 Å². The standard InChI is InChI=1S/C12H13NO/c1-14-11-5-4-9-2-3-10(6-7-13)12(9)8-11/h4-5,8,10H,2-3,6H2,1H3. The van der Waals surface area contributed by atoms with E-state index >= 15 is 0 Å². The largest absolute Gasteiger partial charge is 0.497 e. The maximum Gasteiger partial charge on any atom is 0.119 e. The number of fused-ring (bicyclic) bond motifs is 1. The number of hydrogen-bond acceptors (Lipinski definition) is 2.